The Labute approximate surface area is 240 Å². The largest absolute Gasteiger partial charge is 0.490 e. The number of methoxy groups -OCH3 is 1. The third-order valence-electron chi connectivity index (χ3n) is 5.70. The number of nitriles is 1. The number of aromatic nitrogens is 2. The van der Waals surface area contributed by atoms with E-state index in [2.05, 4.69) is 25.8 Å². The van der Waals surface area contributed by atoms with Gasteiger partial charge in [0.15, 0.2) is 18.1 Å². The van der Waals surface area contributed by atoms with Crippen molar-refractivity contribution in [3.8, 4) is 28.8 Å². The summed E-state index contributed by atoms with van der Waals surface area (Å²) in [5.41, 5.74) is 3.97. The Bertz CT molecular complexity index is 1710. The Kier molecular flexibility index (Phi) is 9.61. The van der Waals surface area contributed by atoms with E-state index in [9.17, 15) is 19.6 Å². The van der Waals surface area contributed by atoms with E-state index in [0.717, 1.165) is 0 Å². The molecular weight excluding hydrogens is 540 g/mol. The molecule has 1 heterocycles. The zero-order valence-electron chi connectivity index (χ0n) is 22.7. The number of para-hydroxylation sites is 1. The molecule has 0 saturated carbocycles. The van der Waals surface area contributed by atoms with Crippen LogP contribution >= 0.6 is 0 Å². The summed E-state index contributed by atoms with van der Waals surface area (Å²) in [5, 5.41) is 16.2. The van der Waals surface area contributed by atoms with E-state index in [4.69, 9.17) is 14.2 Å². The molecule has 212 valence electrons. The normalized spacial score (nSPS) is 10.5. The summed E-state index contributed by atoms with van der Waals surface area (Å²) in [6.07, 6.45) is 1.48. The van der Waals surface area contributed by atoms with Gasteiger partial charge in [0, 0.05) is 5.56 Å². The first kappa shape index (κ1) is 29.0. The number of benzene rings is 3. The molecule has 0 aliphatic rings. The lowest BCUT2D eigenvalue weighted by atomic mass is 10.1. The van der Waals surface area contributed by atoms with Gasteiger partial charge >= 0.3 is 5.97 Å². The smallest absolute Gasteiger partial charge is 0.339 e. The number of carbonyl (C=O) groups is 2. The SMILES string of the molecule is CCOc1cc(C=NNc2nc(-c3ccccc3)c(C#N)c(=O)[nH]2)ccc1OCC(=O)Nc1ccccc1C(=O)OC. The lowest BCUT2D eigenvalue weighted by Crippen LogP contribution is -2.22. The van der Waals surface area contributed by atoms with Crippen molar-refractivity contribution in [3.63, 3.8) is 0 Å². The quantitative estimate of drug-likeness (QED) is 0.138. The number of ether oxygens (including phenoxy) is 3. The van der Waals surface area contributed by atoms with Crippen LogP contribution in [0.5, 0.6) is 11.5 Å². The average Bonchev–Trinajstić information content (AvgIpc) is 3.01. The highest BCUT2D eigenvalue weighted by Crippen LogP contribution is 2.28. The summed E-state index contributed by atoms with van der Waals surface area (Å²) in [4.78, 5) is 43.8. The number of H-pyrrole nitrogens is 1. The summed E-state index contributed by atoms with van der Waals surface area (Å²) in [6.45, 7) is 1.80. The van der Waals surface area contributed by atoms with Gasteiger partial charge < -0.3 is 19.5 Å². The van der Waals surface area contributed by atoms with Crippen LogP contribution in [0, 0.1) is 11.3 Å². The van der Waals surface area contributed by atoms with Crippen molar-refractivity contribution >= 4 is 29.7 Å². The lowest BCUT2D eigenvalue weighted by molar-refractivity contribution is -0.118. The van der Waals surface area contributed by atoms with Gasteiger partial charge in [-0.2, -0.15) is 10.4 Å². The van der Waals surface area contributed by atoms with E-state index in [0.29, 0.717) is 34.9 Å². The van der Waals surface area contributed by atoms with Crippen LogP contribution < -0.4 is 25.8 Å². The number of hydrogen-bond acceptors (Lipinski definition) is 10. The average molecular weight is 567 g/mol. The Hall–Kier alpha value is -5.96. The van der Waals surface area contributed by atoms with Crippen LogP contribution in [0.25, 0.3) is 11.3 Å². The second-order valence-electron chi connectivity index (χ2n) is 8.50. The minimum atomic E-state index is -0.595. The lowest BCUT2D eigenvalue weighted by Gasteiger charge is -2.13. The fraction of sp³-hybridized carbons (Fsp3) is 0.133. The maximum Gasteiger partial charge on any atom is 0.339 e. The van der Waals surface area contributed by atoms with Gasteiger partial charge in [-0.05, 0) is 42.8 Å². The first-order valence-corrected chi connectivity index (χ1v) is 12.7. The summed E-state index contributed by atoms with van der Waals surface area (Å²) in [5.74, 6) is -0.305. The van der Waals surface area contributed by atoms with E-state index >= 15 is 0 Å². The maximum atomic E-state index is 12.5. The first-order chi connectivity index (χ1) is 20.4. The van der Waals surface area contributed by atoms with E-state index < -0.39 is 17.4 Å². The third-order valence-corrected chi connectivity index (χ3v) is 5.70. The summed E-state index contributed by atoms with van der Waals surface area (Å²) in [6, 6.07) is 22.2. The van der Waals surface area contributed by atoms with Gasteiger partial charge in [0.25, 0.3) is 11.5 Å². The fourth-order valence-corrected chi connectivity index (χ4v) is 3.80. The molecule has 0 aliphatic heterocycles. The molecule has 3 N–H and O–H groups in total. The number of amides is 1. The molecule has 0 atom stereocenters. The number of hydrogen-bond donors (Lipinski definition) is 3. The number of nitrogens with zero attached hydrogens (tertiary/aromatic N) is 3. The molecule has 0 saturated heterocycles. The Morgan fingerprint density at radius 2 is 1.81 bits per heavy atom. The Balaban J connectivity index is 1.44. The second-order valence-corrected chi connectivity index (χ2v) is 8.50. The number of carbonyl (C=O) groups excluding carboxylic acids is 2. The second kappa shape index (κ2) is 13.9. The van der Waals surface area contributed by atoms with E-state index in [-0.39, 0.29) is 29.4 Å². The van der Waals surface area contributed by atoms with E-state index in [1.54, 1.807) is 73.7 Å². The molecule has 4 aromatic rings. The monoisotopic (exact) mass is 566 g/mol. The van der Waals surface area contributed by atoms with Gasteiger partial charge in [-0.25, -0.2) is 15.2 Å². The highest BCUT2D eigenvalue weighted by molar-refractivity contribution is 6.01. The molecule has 3 aromatic carbocycles. The number of anilines is 2. The molecule has 4 rings (SSSR count). The standard InChI is InChI=1S/C30H26N6O6/c1-3-41-25-15-19(13-14-24(25)42-18-26(37)33-23-12-8-7-11-21(23)29(39)40-2)17-32-36-30-34-27(20-9-5-4-6-10-20)22(16-31)28(38)35-30/h4-15,17H,3,18H2,1-2H3,(H,33,37)(H2,34,35,36,38). The van der Waals surface area contributed by atoms with Crippen molar-refractivity contribution in [2.24, 2.45) is 5.10 Å². The van der Waals surface area contributed by atoms with Gasteiger partial charge in [-0.1, -0.05) is 42.5 Å². The first-order valence-electron chi connectivity index (χ1n) is 12.7. The number of hydrazone groups is 1. The highest BCUT2D eigenvalue weighted by Gasteiger charge is 2.15. The molecule has 0 fully saturated rings. The van der Waals surface area contributed by atoms with Crippen LogP contribution in [0.2, 0.25) is 0 Å². The van der Waals surface area contributed by atoms with E-state index in [1.165, 1.54) is 13.3 Å². The molecule has 1 amide bonds. The van der Waals surface area contributed by atoms with Crippen LogP contribution in [-0.2, 0) is 9.53 Å². The zero-order chi connectivity index (χ0) is 29.9. The molecule has 0 unspecified atom stereocenters. The summed E-state index contributed by atoms with van der Waals surface area (Å²) >= 11 is 0. The molecule has 42 heavy (non-hydrogen) atoms. The Morgan fingerprint density at radius 3 is 2.55 bits per heavy atom. The van der Waals surface area contributed by atoms with Gasteiger partial charge in [0.05, 0.1) is 36.9 Å². The van der Waals surface area contributed by atoms with Crippen LogP contribution in [0.1, 0.15) is 28.4 Å². The zero-order valence-corrected chi connectivity index (χ0v) is 22.7. The predicted molar refractivity (Wildman–Crippen MR) is 156 cm³/mol. The Morgan fingerprint density at radius 1 is 1.05 bits per heavy atom. The molecule has 12 nitrogen and oxygen atoms in total. The van der Waals surface area contributed by atoms with Crippen LogP contribution in [0.4, 0.5) is 11.6 Å². The van der Waals surface area contributed by atoms with Crippen LogP contribution in [0.3, 0.4) is 0 Å². The molecule has 0 radical (unpaired) electrons. The molecule has 12 heteroatoms. The van der Waals surface area contributed by atoms with Crippen molar-refractivity contribution in [3.05, 3.63) is 99.8 Å². The topological polar surface area (TPSA) is 168 Å². The summed E-state index contributed by atoms with van der Waals surface area (Å²) in [7, 11) is 1.26. The van der Waals surface area contributed by atoms with Crippen molar-refractivity contribution in [1.82, 2.24) is 9.97 Å². The highest BCUT2D eigenvalue weighted by atomic mass is 16.5. The van der Waals surface area contributed by atoms with Gasteiger partial charge in [0.1, 0.15) is 11.6 Å². The fourth-order valence-electron chi connectivity index (χ4n) is 3.80. The third kappa shape index (κ3) is 7.16. The van der Waals surface area contributed by atoms with Crippen molar-refractivity contribution in [2.45, 2.75) is 6.92 Å². The van der Waals surface area contributed by atoms with Crippen molar-refractivity contribution in [2.75, 3.05) is 31.1 Å². The number of nitrogens with one attached hydrogen (secondary N) is 3. The van der Waals surface area contributed by atoms with Gasteiger partial charge in [-0.3, -0.25) is 14.6 Å². The van der Waals surface area contributed by atoms with E-state index in [1.807, 2.05) is 12.1 Å². The number of aromatic amines is 1. The molecule has 1 aromatic heterocycles. The predicted octanol–water partition coefficient (Wildman–Crippen LogP) is 3.96. The number of esters is 1. The number of rotatable bonds is 11. The van der Waals surface area contributed by atoms with Gasteiger partial charge in [-0.15, -0.1) is 0 Å². The van der Waals surface area contributed by atoms with Crippen molar-refractivity contribution < 1.29 is 23.8 Å². The van der Waals surface area contributed by atoms with Gasteiger partial charge in [0.2, 0.25) is 5.95 Å². The maximum absolute atomic E-state index is 12.5. The molecular formula is C30H26N6O6. The minimum absolute atomic E-state index is 0.0545. The van der Waals surface area contributed by atoms with Crippen LogP contribution in [-0.4, -0.2) is 48.4 Å². The summed E-state index contributed by atoms with van der Waals surface area (Å²) < 4.78 is 16.1. The molecule has 0 aliphatic carbocycles. The van der Waals surface area contributed by atoms with Crippen LogP contribution in [0.15, 0.2) is 82.7 Å². The molecule has 0 spiro atoms. The minimum Gasteiger partial charge on any atom is -0.490 e. The van der Waals surface area contributed by atoms with Crippen molar-refractivity contribution in [1.29, 1.82) is 5.26 Å². The molecule has 0 bridgehead atoms.